The van der Waals surface area contributed by atoms with Crippen LogP contribution in [-0.2, 0) is 6.42 Å². The predicted molar refractivity (Wildman–Crippen MR) is 104 cm³/mol. The zero-order chi connectivity index (χ0) is 18.8. The van der Waals surface area contributed by atoms with E-state index in [1.807, 2.05) is 17.2 Å². The molecule has 0 N–H and O–H groups in total. The highest BCUT2D eigenvalue weighted by Gasteiger charge is 2.27. The third-order valence-electron chi connectivity index (χ3n) is 5.16. The number of benzene rings is 1. The lowest BCUT2D eigenvalue weighted by Gasteiger charge is -2.23. The van der Waals surface area contributed by atoms with E-state index in [-0.39, 0.29) is 5.91 Å². The first kappa shape index (κ1) is 17.7. The SMILES string of the molecule is Cc1cc(C(=O)N2CCN(C)C[C@H](Cc3cccc4cccnc34)C2)no1. The third kappa shape index (κ3) is 3.85. The van der Waals surface area contributed by atoms with Crippen LogP contribution >= 0.6 is 0 Å². The van der Waals surface area contributed by atoms with Gasteiger partial charge in [-0.05, 0) is 37.9 Å². The van der Waals surface area contributed by atoms with Crippen LogP contribution < -0.4 is 0 Å². The van der Waals surface area contributed by atoms with E-state index in [1.54, 1.807) is 13.0 Å². The number of para-hydroxylation sites is 1. The molecule has 1 aliphatic rings. The van der Waals surface area contributed by atoms with E-state index in [4.69, 9.17) is 4.52 Å². The maximum Gasteiger partial charge on any atom is 0.276 e. The zero-order valence-corrected chi connectivity index (χ0v) is 15.8. The summed E-state index contributed by atoms with van der Waals surface area (Å²) in [5.74, 6) is 0.939. The fourth-order valence-electron chi connectivity index (χ4n) is 3.87. The number of pyridine rings is 1. The average Bonchev–Trinajstić information content (AvgIpc) is 3.02. The Morgan fingerprint density at radius 2 is 2.07 bits per heavy atom. The second-order valence-corrected chi connectivity index (χ2v) is 7.40. The van der Waals surface area contributed by atoms with Crippen molar-refractivity contribution in [2.75, 3.05) is 33.2 Å². The van der Waals surface area contributed by atoms with E-state index < -0.39 is 0 Å². The summed E-state index contributed by atoms with van der Waals surface area (Å²) in [4.78, 5) is 21.6. The molecule has 1 fully saturated rings. The first-order valence-electron chi connectivity index (χ1n) is 9.34. The zero-order valence-electron chi connectivity index (χ0n) is 15.8. The van der Waals surface area contributed by atoms with Gasteiger partial charge in [-0.15, -0.1) is 0 Å². The summed E-state index contributed by atoms with van der Waals surface area (Å²) in [6.07, 6.45) is 2.73. The molecule has 0 bridgehead atoms. The van der Waals surface area contributed by atoms with Gasteiger partial charge in [0.2, 0.25) is 0 Å². The molecule has 6 nitrogen and oxygen atoms in total. The Morgan fingerprint density at radius 1 is 1.22 bits per heavy atom. The molecule has 0 saturated carbocycles. The van der Waals surface area contributed by atoms with Gasteiger partial charge < -0.3 is 14.3 Å². The van der Waals surface area contributed by atoms with Gasteiger partial charge in [-0.25, -0.2) is 0 Å². The van der Waals surface area contributed by atoms with Crippen molar-refractivity contribution in [3.05, 3.63) is 59.6 Å². The molecule has 1 aromatic carbocycles. The maximum atomic E-state index is 12.9. The lowest BCUT2D eigenvalue weighted by atomic mass is 9.96. The molecule has 0 radical (unpaired) electrons. The van der Waals surface area contributed by atoms with Crippen LogP contribution in [-0.4, -0.2) is 59.1 Å². The molecule has 1 aliphatic heterocycles. The van der Waals surface area contributed by atoms with Crippen LogP contribution in [0.15, 0.2) is 47.1 Å². The van der Waals surface area contributed by atoms with Gasteiger partial charge in [0.15, 0.2) is 5.69 Å². The van der Waals surface area contributed by atoms with Gasteiger partial charge in [0.1, 0.15) is 5.76 Å². The van der Waals surface area contributed by atoms with Crippen molar-refractivity contribution >= 4 is 16.8 Å². The Balaban J connectivity index is 1.56. The standard InChI is InChI=1S/C21H24N4O2/c1-15-11-19(23-27-15)21(26)25-10-9-24(2)13-16(14-25)12-18-6-3-5-17-7-4-8-22-20(17)18/h3-8,11,16H,9-10,12-14H2,1-2H3/t16-/m0/s1. The van der Waals surface area contributed by atoms with Gasteiger partial charge in [0.25, 0.3) is 5.91 Å². The van der Waals surface area contributed by atoms with Crippen molar-refractivity contribution in [2.45, 2.75) is 13.3 Å². The number of aryl methyl sites for hydroxylation is 1. The van der Waals surface area contributed by atoms with E-state index in [9.17, 15) is 4.79 Å². The number of fused-ring (bicyclic) bond motifs is 1. The minimum Gasteiger partial charge on any atom is -0.361 e. The van der Waals surface area contributed by atoms with Crippen LogP contribution in [0.3, 0.4) is 0 Å². The van der Waals surface area contributed by atoms with E-state index in [1.165, 1.54) is 5.56 Å². The number of nitrogens with zero attached hydrogens (tertiary/aromatic N) is 4. The molecule has 0 aliphatic carbocycles. The van der Waals surface area contributed by atoms with Crippen molar-refractivity contribution in [1.82, 2.24) is 19.9 Å². The van der Waals surface area contributed by atoms with Crippen LogP contribution in [0, 0.1) is 12.8 Å². The maximum absolute atomic E-state index is 12.9. The smallest absolute Gasteiger partial charge is 0.276 e. The number of rotatable bonds is 3. The van der Waals surface area contributed by atoms with Gasteiger partial charge in [-0.3, -0.25) is 9.78 Å². The van der Waals surface area contributed by atoms with E-state index >= 15 is 0 Å². The van der Waals surface area contributed by atoms with Crippen LogP contribution in [0.25, 0.3) is 10.9 Å². The van der Waals surface area contributed by atoms with Crippen molar-refractivity contribution in [2.24, 2.45) is 5.92 Å². The number of hydrogen-bond donors (Lipinski definition) is 0. The Morgan fingerprint density at radius 3 is 2.89 bits per heavy atom. The van der Waals surface area contributed by atoms with Crippen LogP contribution in [0.1, 0.15) is 21.8 Å². The molecule has 3 aromatic rings. The van der Waals surface area contributed by atoms with Crippen molar-refractivity contribution in [3.8, 4) is 0 Å². The number of aromatic nitrogens is 2. The van der Waals surface area contributed by atoms with Crippen LogP contribution in [0.2, 0.25) is 0 Å². The molecule has 0 spiro atoms. The molecular weight excluding hydrogens is 340 g/mol. The normalized spacial score (nSPS) is 18.6. The summed E-state index contributed by atoms with van der Waals surface area (Å²) >= 11 is 0. The topological polar surface area (TPSA) is 62.5 Å². The number of carbonyl (C=O) groups excluding carboxylic acids is 1. The molecule has 6 heteroatoms. The molecule has 0 unspecified atom stereocenters. The van der Waals surface area contributed by atoms with E-state index in [0.29, 0.717) is 30.5 Å². The Bertz CT molecular complexity index is 947. The molecule has 4 rings (SSSR count). The van der Waals surface area contributed by atoms with Crippen molar-refractivity contribution in [3.63, 3.8) is 0 Å². The molecule has 140 valence electrons. The van der Waals surface area contributed by atoms with Crippen LogP contribution in [0.4, 0.5) is 0 Å². The summed E-state index contributed by atoms with van der Waals surface area (Å²) in [5, 5.41) is 5.06. The van der Waals surface area contributed by atoms with Crippen molar-refractivity contribution in [1.29, 1.82) is 0 Å². The Kier molecular flexibility index (Phi) is 4.90. The van der Waals surface area contributed by atoms with Crippen LogP contribution in [0.5, 0.6) is 0 Å². The highest BCUT2D eigenvalue weighted by Crippen LogP contribution is 2.22. The fourth-order valence-corrected chi connectivity index (χ4v) is 3.87. The largest absolute Gasteiger partial charge is 0.361 e. The van der Waals surface area contributed by atoms with Gasteiger partial charge in [-0.2, -0.15) is 0 Å². The quantitative estimate of drug-likeness (QED) is 0.715. The first-order valence-corrected chi connectivity index (χ1v) is 9.34. The second kappa shape index (κ2) is 7.48. The monoisotopic (exact) mass is 364 g/mol. The molecule has 27 heavy (non-hydrogen) atoms. The van der Waals surface area contributed by atoms with Gasteiger partial charge in [-0.1, -0.05) is 29.4 Å². The average molecular weight is 364 g/mol. The molecule has 2 aromatic heterocycles. The minimum absolute atomic E-state index is 0.0526. The number of likely N-dealkylation sites (N-methyl/N-ethyl adjacent to an activating group) is 1. The lowest BCUT2D eigenvalue weighted by molar-refractivity contribution is 0.0736. The predicted octanol–water partition coefficient (Wildman–Crippen LogP) is 2.78. The van der Waals surface area contributed by atoms with Gasteiger partial charge >= 0.3 is 0 Å². The summed E-state index contributed by atoms with van der Waals surface area (Å²) in [7, 11) is 2.11. The molecule has 1 amide bonds. The van der Waals surface area contributed by atoms with E-state index in [0.717, 1.165) is 30.4 Å². The number of hydrogen-bond acceptors (Lipinski definition) is 5. The highest BCUT2D eigenvalue weighted by atomic mass is 16.5. The minimum atomic E-state index is -0.0526. The highest BCUT2D eigenvalue weighted by molar-refractivity contribution is 5.92. The summed E-state index contributed by atoms with van der Waals surface area (Å²) in [6.45, 7) is 5.01. The fraction of sp³-hybridized carbons (Fsp3) is 0.381. The molecule has 3 heterocycles. The lowest BCUT2D eigenvalue weighted by Crippen LogP contribution is -2.36. The summed E-state index contributed by atoms with van der Waals surface area (Å²) < 4.78 is 5.08. The Hall–Kier alpha value is -2.73. The van der Waals surface area contributed by atoms with E-state index in [2.05, 4.69) is 46.4 Å². The van der Waals surface area contributed by atoms with Gasteiger partial charge in [0.05, 0.1) is 5.52 Å². The summed E-state index contributed by atoms with van der Waals surface area (Å²) in [6, 6.07) is 12.1. The van der Waals surface area contributed by atoms with Crippen molar-refractivity contribution < 1.29 is 9.32 Å². The molecular formula is C21H24N4O2. The number of carbonyl (C=O) groups is 1. The molecule has 1 saturated heterocycles. The third-order valence-corrected chi connectivity index (χ3v) is 5.16. The van der Waals surface area contributed by atoms with Gasteiger partial charge in [0, 0.05) is 43.8 Å². The first-order chi connectivity index (χ1) is 13.1. The molecule has 1 atom stereocenters. The summed E-state index contributed by atoms with van der Waals surface area (Å²) in [5.41, 5.74) is 2.68. The second-order valence-electron chi connectivity index (χ2n) is 7.40. The number of amides is 1. The Labute approximate surface area is 158 Å².